The number of piperidine rings is 1. The molecule has 2 aromatic heterocycles. The molecule has 6 rings (SSSR count). The first-order valence-electron chi connectivity index (χ1n) is 12.9. The Morgan fingerprint density at radius 1 is 0.889 bits per heavy atom. The fourth-order valence-corrected chi connectivity index (χ4v) is 5.12. The van der Waals surface area contributed by atoms with Gasteiger partial charge in [-0.2, -0.15) is 9.97 Å². The van der Waals surface area contributed by atoms with Crippen molar-refractivity contribution in [3.8, 4) is 0 Å². The lowest BCUT2D eigenvalue weighted by molar-refractivity contribution is 0.573. The van der Waals surface area contributed by atoms with Gasteiger partial charge < -0.3 is 20.1 Å². The summed E-state index contributed by atoms with van der Waals surface area (Å²) in [5, 5.41) is 7.26. The van der Waals surface area contributed by atoms with Crippen molar-refractivity contribution in [1.29, 1.82) is 0 Å². The average molecular weight is 477 g/mol. The number of fused-ring (bicyclic) bond motifs is 2. The normalized spacial score (nSPS) is 13.9. The van der Waals surface area contributed by atoms with Crippen molar-refractivity contribution in [2.45, 2.75) is 25.7 Å². The Bertz CT molecular complexity index is 1480. The Labute approximate surface area is 212 Å². The van der Waals surface area contributed by atoms with Crippen molar-refractivity contribution in [2.24, 2.45) is 0 Å². The fourth-order valence-electron chi connectivity index (χ4n) is 5.12. The van der Waals surface area contributed by atoms with Crippen LogP contribution in [0.2, 0.25) is 0 Å². The van der Waals surface area contributed by atoms with E-state index in [-0.39, 0.29) is 0 Å². The predicted octanol–water partition coefficient (Wildman–Crippen LogP) is 6.52. The molecule has 5 aromatic rings. The van der Waals surface area contributed by atoms with Crippen LogP contribution in [-0.4, -0.2) is 41.6 Å². The first-order valence-corrected chi connectivity index (χ1v) is 12.9. The van der Waals surface area contributed by atoms with E-state index in [1.807, 2.05) is 0 Å². The summed E-state index contributed by atoms with van der Waals surface area (Å²) in [6, 6.07) is 25.6. The third-order valence-corrected chi connectivity index (χ3v) is 7.20. The van der Waals surface area contributed by atoms with E-state index in [0.717, 1.165) is 43.4 Å². The molecule has 1 fully saturated rings. The molecule has 1 saturated heterocycles. The third-order valence-electron chi connectivity index (χ3n) is 7.20. The standard InChI is InChI=1S/C30H32N6/c1-35(25-14-13-22-9-3-4-10-23(22)19-25)28-20-29(36-17-7-2-8-18-36)34-30(33-28)31-16-15-24-21-32-27-12-6-5-11-26(24)27/h3-6,9-14,19-21,32H,2,7-8,15-18H2,1H3,(H,31,33,34). The molecule has 6 nitrogen and oxygen atoms in total. The van der Waals surface area contributed by atoms with Gasteiger partial charge in [0, 0.05) is 55.5 Å². The molecule has 3 heterocycles. The number of nitrogens with one attached hydrogen (secondary N) is 2. The molecule has 0 spiro atoms. The van der Waals surface area contributed by atoms with Crippen LogP contribution in [0.25, 0.3) is 21.7 Å². The SMILES string of the molecule is CN(c1ccc2ccccc2c1)c1cc(N2CCCCC2)nc(NCCc2c[nH]c3ccccc23)n1. The Kier molecular flexibility index (Phi) is 6.16. The van der Waals surface area contributed by atoms with Gasteiger partial charge in [-0.25, -0.2) is 0 Å². The van der Waals surface area contributed by atoms with Crippen LogP contribution in [0, 0.1) is 0 Å². The van der Waals surface area contributed by atoms with Crippen molar-refractivity contribution in [3.63, 3.8) is 0 Å². The lowest BCUT2D eigenvalue weighted by Gasteiger charge is -2.29. The number of para-hydroxylation sites is 1. The van der Waals surface area contributed by atoms with E-state index in [1.165, 1.54) is 46.5 Å². The Balaban J connectivity index is 1.27. The highest BCUT2D eigenvalue weighted by Gasteiger charge is 2.17. The van der Waals surface area contributed by atoms with Gasteiger partial charge in [0.25, 0.3) is 0 Å². The van der Waals surface area contributed by atoms with E-state index in [2.05, 4.69) is 106 Å². The van der Waals surface area contributed by atoms with E-state index in [4.69, 9.17) is 9.97 Å². The molecule has 36 heavy (non-hydrogen) atoms. The van der Waals surface area contributed by atoms with Crippen LogP contribution >= 0.6 is 0 Å². The number of nitrogens with zero attached hydrogens (tertiary/aromatic N) is 4. The maximum Gasteiger partial charge on any atom is 0.226 e. The lowest BCUT2D eigenvalue weighted by atomic mass is 10.1. The largest absolute Gasteiger partial charge is 0.361 e. The minimum Gasteiger partial charge on any atom is -0.361 e. The fraction of sp³-hybridized carbons (Fsp3) is 0.267. The van der Waals surface area contributed by atoms with Gasteiger partial charge in [-0.05, 0) is 60.2 Å². The quantitative estimate of drug-likeness (QED) is 0.280. The highest BCUT2D eigenvalue weighted by atomic mass is 15.3. The molecule has 182 valence electrons. The van der Waals surface area contributed by atoms with Crippen LogP contribution in [0.4, 0.5) is 23.3 Å². The van der Waals surface area contributed by atoms with Crippen LogP contribution in [0.1, 0.15) is 24.8 Å². The number of benzene rings is 3. The van der Waals surface area contributed by atoms with Gasteiger partial charge in [-0.1, -0.05) is 48.5 Å². The summed E-state index contributed by atoms with van der Waals surface area (Å²) in [5.41, 5.74) is 3.59. The Morgan fingerprint density at radius 2 is 1.69 bits per heavy atom. The number of hydrogen-bond donors (Lipinski definition) is 2. The maximum absolute atomic E-state index is 4.94. The molecule has 6 heteroatoms. The van der Waals surface area contributed by atoms with Gasteiger partial charge in [0.15, 0.2) is 0 Å². The maximum atomic E-state index is 4.94. The number of rotatable bonds is 7. The van der Waals surface area contributed by atoms with E-state index in [9.17, 15) is 0 Å². The molecule has 3 aromatic carbocycles. The molecule has 2 N–H and O–H groups in total. The summed E-state index contributed by atoms with van der Waals surface area (Å²) >= 11 is 0. The number of H-pyrrole nitrogens is 1. The van der Waals surface area contributed by atoms with Crippen molar-refractivity contribution in [3.05, 3.63) is 84.6 Å². The van der Waals surface area contributed by atoms with Crippen molar-refractivity contribution >= 4 is 44.9 Å². The molecule has 0 amide bonds. The van der Waals surface area contributed by atoms with E-state index < -0.39 is 0 Å². The zero-order chi connectivity index (χ0) is 24.3. The zero-order valence-corrected chi connectivity index (χ0v) is 20.7. The Morgan fingerprint density at radius 3 is 2.58 bits per heavy atom. The van der Waals surface area contributed by atoms with Crippen LogP contribution in [0.3, 0.4) is 0 Å². The molecule has 0 atom stereocenters. The molecular formula is C30H32N6. The predicted molar refractivity (Wildman–Crippen MR) is 151 cm³/mol. The molecule has 0 bridgehead atoms. The molecule has 1 aliphatic heterocycles. The van der Waals surface area contributed by atoms with Gasteiger partial charge in [-0.15, -0.1) is 0 Å². The average Bonchev–Trinajstić information content (AvgIpc) is 3.36. The highest BCUT2D eigenvalue weighted by Crippen LogP contribution is 2.30. The van der Waals surface area contributed by atoms with Crippen LogP contribution in [-0.2, 0) is 6.42 Å². The molecule has 0 aliphatic carbocycles. The zero-order valence-electron chi connectivity index (χ0n) is 20.7. The van der Waals surface area contributed by atoms with E-state index >= 15 is 0 Å². The molecular weight excluding hydrogens is 444 g/mol. The second-order valence-corrected chi connectivity index (χ2v) is 9.58. The van der Waals surface area contributed by atoms with E-state index in [1.54, 1.807) is 0 Å². The van der Waals surface area contributed by atoms with Crippen LogP contribution < -0.4 is 15.1 Å². The van der Waals surface area contributed by atoms with Gasteiger partial charge in [-0.3, -0.25) is 0 Å². The first kappa shape index (κ1) is 22.4. The van der Waals surface area contributed by atoms with Gasteiger partial charge >= 0.3 is 0 Å². The third kappa shape index (κ3) is 4.59. The number of aromatic amines is 1. The second kappa shape index (κ2) is 9.90. The van der Waals surface area contributed by atoms with Gasteiger partial charge in [0.2, 0.25) is 5.95 Å². The van der Waals surface area contributed by atoms with Gasteiger partial charge in [0.1, 0.15) is 11.6 Å². The monoisotopic (exact) mass is 476 g/mol. The van der Waals surface area contributed by atoms with Crippen LogP contribution in [0.5, 0.6) is 0 Å². The minimum absolute atomic E-state index is 0.681. The summed E-state index contributed by atoms with van der Waals surface area (Å²) < 4.78 is 0. The summed E-state index contributed by atoms with van der Waals surface area (Å²) in [6.45, 7) is 2.86. The second-order valence-electron chi connectivity index (χ2n) is 9.58. The Hall–Kier alpha value is -4.06. The molecule has 0 radical (unpaired) electrons. The number of hydrogen-bond acceptors (Lipinski definition) is 5. The van der Waals surface area contributed by atoms with Crippen LogP contribution in [0.15, 0.2) is 79.0 Å². The van der Waals surface area contributed by atoms with Crippen molar-refractivity contribution in [1.82, 2.24) is 15.0 Å². The summed E-state index contributed by atoms with van der Waals surface area (Å²) in [7, 11) is 2.09. The molecule has 0 unspecified atom stereocenters. The molecule has 0 saturated carbocycles. The summed E-state index contributed by atoms with van der Waals surface area (Å²) in [5.74, 6) is 2.58. The van der Waals surface area contributed by atoms with Crippen molar-refractivity contribution in [2.75, 3.05) is 41.8 Å². The summed E-state index contributed by atoms with van der Waals surface area (Å²) in [6.07, 6.45) is 6.72. The lowest BCUT2D eigenvalue weighted by Crippen LogP contribution is -2.30. The smallest absolute Gasteiger partial charge is 0.226 e. The van der Waals surface area contributed by atoms with Gasteiger partial charge in [0.05, 0.1) is 0 Å². The minimum atomic E-state index is 0.681. The first-order chi connectivity index (χ1) is 17.7. The number of aromatic nitrogens is 3. The number of anilines is 4. The van der Waals surface area contributed by atoms with E-state index in [0.29, 0.717) is 5.95 Å². The topological polar surface area (TPSA) is 60.1 Å². The summed E-state index contributed by atoms with van der Waals surface area (Å²) in [4.78, 5) is 17.8. The molecule has 1 aliphatic rings. The van der Waals surface area contributed by atoms with Crippen molar-refractivity contribution < 1.29 is 0 Å². The highest BCUT2D eigenvalue weighted by molar-refractivity contribution is 5.87.